The van der Waals surface area contributed by atoms with Crippen molar-refractivity contribution in [1.82, 2.24) is 10.2 Å². The fourth-order valence-corrected chi connectivity index (χ4v) is 1.49. The van der Waals surface area contributed by atoms with E-state index < -0.39 is 11.9 Å². The number of benzene rings is 1. The van der Waals surface area contributed by atoms with E-state index >= 15 is 0 Å². The molecule has 0 bridgehead atoms. The highest BCUT2D eigenvalue weighted by molar-refractivity contribution is 5.93. The van der Waals surface area contributed by atoms with E-state index in [1.54, 1.807) is 30.1 Å². The third-order valence-electron chi connectivity index (χ3n) is 2.38. The molecule has 1 aromatic rings. The monoisotopic (exact) mass is 253 g/mol. The minimum Gasteiger partial charge on any atom is -0.351 e. The molecule has 98 valence electrons. The van der Waals surface area contributed by atoms with Crippen molar-refractivity contribution in [1.29, 1.82) is 0 Å². The maximum Gasteiger partial charge on any atom is 0.318 e. The fraction of sp³-hybridized carbons (Fsp3) is 0.333. The highest BCUT2D eigenvalue weighted by Crippen LogP contribution is 2.08. The molecule has 0 spiro atoms. The van der Waals surface area contributed by atoms with Crippen molar-refractivity contribution in [2.45, 2.75) is 13.0 Å². The molecule has 0 heterocycles. The van der Waals surface area contributed by atoms with E-state index in [0.29, 0.717) is 18.7 Å². The Hall–Kier alpha value is -1.95. The zero-order valence-electron chi connectivity index (χ0n) is 10.1. The summed E-state index contributed by atoms with van der Waals surface area (Å²) in [6.45, 7) is 0.809. The number of carbonyl (C=O) groups is 2. The molecule has 0 radical (unpaired) electrons. The highest BCUT2D eigenvalue weighted by Gasteiger charge is 2.08. The van der Waals surface area contributed by atoms with Gasteiger partial charge < -0.3 is 10.6 Å². The van der Waals surface area contributed by atoms with Crippen molar-refractivity contribution in [2.24, 2.45) is 5.73 Å². The van der Waals surface area contributed by atoms with Gasteiger partial charge in [0.15, 0.2) is 0 Å². The largest absolute Gasteiger partial charge is 0.351 e. The minimum absolute atomic E-state index is 0.133. The standard InChI is InChI=1S/C12H16FN3O2/c1-16(7-6-11(17)15-12(14)18)8-9-4-2-3-5-10(9)13/h2-5H,6-8H2,1H3,(H3,14,15,17,18). The van der Waals surface area contributed by atoms with Crippen molar-refractivity contribution in [3.63, 3.8) is 0 Å². The molecule has 5 nitrogen and oxygen atoms in total. The lowest BCUT2D eigenvalue weighted by Gasteiger charge is -2.16. The molecule has 0 aliphatic carbocycles. The average molecular weight is 253 g/mol. The molecule has 3 N–H and O–H groups in total. The van der Waals surface area contributed by atoms with Crippen LogP contribution in [0.15, 0.2) is 24.3 Å². The summed E-state index contributed by atoms with van der Waals surface area (Å²) in [4.78, 5) is 23.4. The number of nitrogens with zero attached hydrogens (tertiary/aromatic N) is 1. The van der Waals surface area contributed by atoms with Crippen LogP contribution in [0.25, 0.3) is 0 Å². The van der Waals surface area contributed by atoms with Gasteiger partial charge in [0.2, 0.25) is 5.91 Å². The summed E-state index contributed by atoms with van der Waals surface area (Å²) in [5.74, 6) is -0.714. The maximum atomic E-state index is 13.4. The summed E-state index contributed by atoms with van der Waals surface area (Å²) in [5.41, 5.74) is 5.37. The second-order valence-electron chi connectivity index (χ2n) is 3.99. The first kappa shape index (κ1) is 14.1. The van der Waals surface area contributed by atoms with E-state index in [9.17, 15) is 14.0 Å². The van der Waals surface area contributed by atoms with Crippen molar-refractivity contribution in [2.75, 3.05) is 13.6 Å². The van der Waals surface area contributed by atoms with Gasteiger partial charge in [0.25, 0.3) is 0 Å². The number of hydrogen-bond donors (Lipinski definition) is 2. The Morgan fingerprint density at radius 2 is 2.06 bits per heavy atom. The number of urea groups is 1. The first-order valence-electron chi connectivity index (χ1n) is 5.50. The van der Waals surface area contributed by atoms with Gasteiger partial charge in [0.05, 0.1) is 0 Å². The minimum atomic E-state index is -0.864. The Morgan fingerprint density at radius 3 is 2.67 bits per heavy atom. The van der Waals surface area contributed by atoms with E-state index in [4.69, 9.17) is 5.73 Å². The Kier molecular flexibility index (Phi) is 5.26. The van der Waals surface area contributed by atoms with E-state index in [1.165, 1.54) is 6.07 Å². The number of nitrogens with two attached hydrogens (primary N) is 1. The van der Waals surface area contributed by atoms with Gasteiger partial charge in [-0.1, -0.05) is 18.2 Å². The van der Waals surface area contributed by atoms with Gasteiger partial charge in [0.1, 0.15) is 5.82 Å². The second-order valence-corrected chi connectivity index (χ2v) is 3.99. The number of nitrogens with one attached hydrogen (secondary N) is 1. The fourth-order valence-electron chi connectivity index (χ4n) is 1.49. The van der Waals surface area contributed by atoms with Gasteiger partial charge in [-0.2, -0.15) is 0 Å². The molecule has 0 saturated heterocycles. The summed E-state index contributed by atoms with van der Waals surface area (Å²) >= 11 is 0. The van der Waals surface area contributed by atoms with Crippen molar-refractivity contribution < 1.29 is 14.0 Å². The van der Waals surface area contributed by atoms with Crippen LogP contribution in [0.1, 0.15) is 12.0 Å². The summed E-state index contributed by atoms with van der Waals surface area (Å²) in [6.07, 6.45) is 0.133. The summed E-state index contributed by atoms with van der Waals surface area (Å²) < 4.78 is 13.4. The van der Waals surface area contributed by atoms with Gasteiger partial charge in [-0.05, 0) is 13.1 Å². The first-order valence-corrected chi connectivity index (χ1v) is 5.50. The van der Waals surface area contributed by atoms with Crippen LogP contribution in [0.5, 0.6) is 0 Å². The molecule has 0 atom stereocenters. The number of halogens is 1. The Morgan fingerprint density at radius 1 is 1.39 bits per heavy atom. The number of carbonyl (C=O) groups excluding carboxylic acids is 2. The van der Waals surface area contributed by atoms with Crippen LogP contribution in [0.4, 0.5) is 9.18 Å². The summed E-state index contributed by atoms with van der Waals surface area (Å²) in [6, 6.07) is 5.60. The van der Waals surface area contributed by atoms with Crippen LogP contribution in [0.3, 0.4) is 0 Å². The smallest absolute Gasteiger partial charge is 0.318 e. The lowest BCUT2D eigenvalue weighted by molar-refractivity contribution is -0.120. The predicted octanol–water partition coefficient (Wildman–Crippen LogP) is 0.842. The molecular formula is C12H16FN3O2. The maximum absolute atomic E-state index is 13.4. The second kappa shape index (κ2) is 6.70. The van der Waals surface area contributed by atoms with Crippen LogP contribution < -0.4 is 11.1 Å². The van der Waals surface area contributed by atoms with Gasteiger partial charge >= 0.3 is 6.03 Å². The van der Waals surface area contributed by atoms with E-state index in [-0.39, 0.29) is 12.2 Å². The molecule has 0 unspecified atom stereocenters. The summed E-state index contributed by atoms with van der Waals surface area (Å²) in [7, 11) is 1.77. The van der Waals surface area contributed by atoms with Gasteiger partial charge in [0, 0.05) is 25.1 Å². The number of amides is 3. The van der Waals surface area contributed by atoms with E-state index in [1.807, 2.05) is 5.32 Å². The van der Waals surface area contributed by atoms with Crippen LogP contribution in [-0.4, -0.2) is 30.4 Å². The third kappa shape index (κ3) is 4.92. The van der Waals surface area contributed by atoms with Gasteiger partial charge in [-0.15, -0.1) is 0 Å². The Balaban J connectivity index is 2.38. The van der Waals surface area contributed by atoms with E-state index in [0.717, 1.165) is 0 Å². The van der Waals surface area contributed by atoms with Crippen molar-refractivity contribution >= 4 is 11.9 Å². The Bertz CT molecular complexity index is 437. The number of primary amides is 1. The molecule has 1 aromatic carbocycles. The predicted molar refractivity (Wildman–Crippen MR) is 65.1 cm³/mol. The number of rotatable bonds is 5. The molecule has 0 fully saturated rings. The van der Waals surface area contributed by atoms with E-state index in [2.05, 4.69) is 0 Å². The molecular weight excluding hydrogens is 237 g/mol. The molecule has 0 aliphatic heterocycles. The SMILES string of the molecule is CN(CCC(=O)NC(N)=O)Cc1ccccc1F. The van der Waals surface area contributed by atoms with Gasteiger partial charge in [-0.25, -0.2) is 9.18 Å². The highest BCUT2D eigenvalue weighted by atomic mass is 19.1. The molecule has 3 amide bonds. The quantitative estimate of drug-likeness (QED) is 0.816. The third-order valence-corrected chi connectivity index (χ3v) is 2.38. The van der Waals surface area contributed by atoms with Crippen molar-refractivity contribution in [3.8, 4) is 0 Å². The zero-order chi connectivity index (χ0) is 13.5. The van der Waals surface area contributed by atoms with Crippen molar-refractivity contribution in [3.05, 3.63) is 35.6 Å². The molecule has 0 aliphatic rings. The topological polar surface area (TPSA) is 75.4 Å². The molecule has 1 rings (SSSR count). The average Bonchev–Trinajstić information content (AvgIpc) is 2.29. The first-order chi connectivity index (χ1) is 8.49. The normalized spacial score (nSPS) is 10.4. The van der Waals surface area contributed by atoms with Gasteiger partial charge in [-0.3, -0.25) is 10.1 Å². The summed E-state index contributed by atoms with van der Waals surface area (Å²) in [5, 5.41) is 1.97. The molecule has 0 aromatic heterocycles. The van der Waals surface area contributed by atoms with Crippen LogP contribution in [-0.2, 0) is 11.3 Å². The number of hydrogen-bond acceptors (Lipinski definition) is 3. The molecule has 6 heteroatoms. The number of imide groups is 1. The van der Waals surface area contributed by atoms with Crippen LogP contribution in [0, 0.1) is 5.82 Å². The molecule has 18 heavy (non-hydrogen) atoms. The lowest BCUT2D eigenvalue weighted by atomic mass is 10.2. The zero-order valence-corrected chi connectivity index (χ0v) is 10.1. The van der Waals surface area contributed by atoms with Crippen LogP contribution in [0.2, 0.25) is 0 Å². The Labute approximate surface area is 105 Å². The van der Waals surface area contributed by atoms with Crippen LogP contribution >= 0.6 is 0 Å². The lowest BCUT2D eigenvalue weighted by Crippen LogP contribution is -2.36. The molecule has 0 saturated carbocycles.